The van der Waals surface area contributed by atoms with Gasteiger partial charge in [-0.05, 0) is 22.4 Å². The fourth-order valence-corrected chi connectivity index (χ4v) is 1.69. The lowest BCUT2D eigenvalue weighted by atomic mass is 10.5. The van der Waals surface area contributed by atoms with Crippen molar-refractivity contribution >= 4 is 27.3 Å². The fourth-order valence-electron chi connectivity index (χ4n) is 0.451. The highest BCUT2D eigenvalue weighted by molar-refractivity contribution is 9.11. The van der Waals surface area contributed by atoms with E-state index in [1.165, 1.54) is 5.01 Å². The summed E-state index contributed by atoms with van der Waals surface area (Å²) >= 11 is 5.02. The third kappa shape index (κ3) is 1.29. The minimum absolute atomic E-state index is 1.04. The van der Waals surface area contributed by atoms with Gasteiger partial charge >= 0.3 is 0 Å². The molecule has 0 bridgehead atoms. The Morgan fingerprint density at radius 1 is 1.88 bits per heavy atom. The molecule has 1 heterocycles. The lowest BCUT2D eigenvalue weighted by Gasteiger charge is -1.77. The monoisotopic (exact) mass is 191 g/mol. The van der Waals surface area contributed by atoms with E-state index < -0.39 is 0 Å². The second kappa shape index (κ2) is 2.60. The van der Waals surface area contributed by atoms with Gasteiger partial charge in [0.25, 0.3) is 0 Å². The van der Waals surface area contributed by atoms with Gasteiger partial charge in [0.05, 0.1) is 15.0 Å². The Morgan fingerprint density at radius 3 is 2.88 bits per heavy atom. The molecule has 44 valence electrons. The maximum atomic E-state index is 4.11. The highest BCUT2D eigenvalue weighted by atomic mass is 79.9. The molecule has 0 aromatic carbocycles. The molecule has 0 unspecified atom stereocenters. The van der Waals surface area contributed by atoms with E-state index in [1.54, 1.807) is 11.3 Å². The van der Waals surface area contributed by atoms with Crippen LogP contribution in [0.1, 0.15) is 11.9 Å². The maximum Gasteiger partial charge on any atom is 0.0934 e. The van der Waals surface area contributed by atoms with Crippen molar-refractivity contribution in [1.29, 1.82) is 0 Å². The molecule has 0 spiro atoms. The minimum atomic E-state index is 1.04. The average Bonchev–Trinajstić information content (AvgIpc) is 2.14. The molecular weight excluding hydrogens is 186 g/mol. The van der Waals surface area contributed by atoms with Crippen LogP contribution >= 0.6 is 27.3 Å². The zero-order chi connectivity index (χ0) is 5.98. The van der Waals surface area contributed by atoms with Crippen LogP contribution in [-0.4, -0.2) is 4.98 Å². The first kappa shape index (κ1) is 6.23. The molecule has 0 saturated heterocycles. The van der Waals surface area contributed by atoms with Crippen LogP contribution < -0.4 is 0 Å². The van der Waals surface area contributed by atoms with Gasteiger partial charge in [0.1, 0.15) is 0 Å². The van der Waals surface area contributed by atoms with Gasteiger partial charge in [-0.2, -0.15) is 0 Å². The first-order valence-electron chi connectivity index (χ1n) is 2.43. The number of thiazole rings is 1. The Labute approximate surface area is 60.9 Å². The number of rotatable bonds is 1. The van der Waals surface area contributed by atoms with Crippen molar-refractivity contribution < 1.29 is 0 Å². The summed E-state index contributed by atoms with van der Waals surface area (Å²) in [6.45, 7) is 2.10. The van der Waals surface area contributed by atoms with Crippen LogP contribution in [0, 0.1) is 0 Å². The molecule has 0 fully saturated rings. The fraction of sp³-hybridized carbons (Fsp3) is 0.400. The first-order valence-corrected chi connectivity index (χ1v) is 4.04. The quantitative estimate of drug-likeness (QED) is 0.665. The number of hydrogen-bond acceptors (Lipinski definition) is 2. The summed E-state index contributed by atoms with van der Waals surface area (Å²) in [5.74, 6) is 0. The van der Waals surface area contributed by atoms with Crippen molar-refractivity contribution in [3.05, 3.63) is 15.0 Å². The molecule has 0 amide bonds. The van der Waals surface area contributed by atoms with Gasteiger partial charge < -0.3 is 0 Å². The summed E-state index contributed by atoms with van der Waals surface area (Å²) in [6.07, 6.45) is 2.87. The summed E-state index contributed by atoms with van der Waals surface area (Å²) in [5.41, 5.74) is 0. The van der Waals surface area contributed by atoms with E-state index in [4.69, 9.17) is 0 Å². The van der Waals surface area contributed by atoms with Gasteiger partial charge in [-0.15, -0.1) is 11.3 Å². The summed E-state index contributed by atoms with van der Waals surface area (Å²) in [4.78, 5) is 4.11. The van der Waals surface area contributed by atoms with Crippen molar-refractivity contribution in [2.45, 2.75) is 13.3 Å². The predicted octanol–water partition coefficient (Wildman–Crippen LogP) is 2.47. The van der Waals surface area contributed by atoms with Crippen LogP contribution in [0.3, 0.4) is 0 Å². The lowest BCUT2D eigenvalue weighted by Crippen LogP contribution is -1.70. The van der Waals surface area contributed by atoms with Crippen LogP contribution in [-0.2, 0) is 6.42 Å². The SMILES string of the molecule is CCc1ncc(Br)s1. The number of aryl methyl sites for hydroxylation is 1. The van der Waals surface area contributed by atoms with Gasteiger partial charge in [0.15, 0.2) is 0 Å². The molecule has 8 heavy (non-hydrogen) atoms. The standard InChI is InChI=1S/C5H6BrNS/c1-2-5-7-3-4(6)8-5/h3H,2H2,1H3. The van der Waals surface area contributed by atoms with E-state index in [0.717, 1.165) is 10.2 Å². The smallest absolute Gasteiger partial charge is 0.0934 e. The molecule has 0 saturated carbocycles. The van der Waals surface area contributed by atoms with Crippen molar-refractivity contribution in [3.8, 4) is 0 Å². The molecule has 1 aromatic rings. The van der Waals surface area contributed by atoms with Crippen molar-refractivity contribution in [1.82, 2.24) is 4.98 Å². The van der Waals surface area contributed by atoms with E-state index in [2.05, 4.69) is 27.8 Å². The normalized spacial score (nSPS) is 9.75. The highest BCUT2D eigenvalue weighted by Crippen LogP contribution is 2.18. The van der Waals surface area contributed by atoms with Crippen molar-refractivity contribution in [2.24, 2.45) is 0 Å². The number of nitrogens with zero attached hydrogens (tertiary/aromatic N) is 1. The molecule has 1 aromatic heterocycles. The molecule has 0 aliphatic heterocycles. The molecule has 1 rings (SSSR count). The van der Waals surface area contributed by atoms with Gasteiger partial charge in [-0.1, -0.05) is 6.92 Å². The Morgan fingerprint density at radius 2 is 2.62 bits per heavy atom. The molecule has 0 radical (unpaired) electrons. The Hall–Kier alpha value is 0.110. The third-order valence-corrected chi connectivity index (χ3v) is 2.45. The lowest BCUT2D eigenvalue weighted by molar-refractivity contribution is 1.09. The number of halogens is 1. The topological polar surface area (TPSA) is 12.9 Å². The van der Waals surface area contributed by atoms with E-state index >= 15 is 0 Å². The zero-order valence-electron chi connectivity index (χ0n) is 4.52. The summed E-state index contributed by atoms with van der Waals surface area (Å²) in [7, 11) is 0. The molecule has 1 nitrogen and oxygen atoms in total. The van der Waals surface area contributed by atoms with Crippen LogP contribution in [0.15, 0.2) is 9.98 Å². The van der Waals surface area contributed by atoms with Crippen molar-refractivity contribution in [2.75, 3.05) is 0 Å². The summed E-state index contributed by atoms with van der Waals surface area (Å²) in [5, 5.41) is 1.19. The van der Waals surface area contributed by atoms with Gasteiger partial charge in [-0.3, -0.25) is 0 Å². The first-order chi connectivity index (χ1) is 3.83. The molecule has 3 heteroatoms. The summed E-state index contributed by atoms with van der Waals surface area (Å²) in [6, 6.07) is 0. The van der Waals surface area contributed by atoms with Crippen LogP contribution in [0.2, 0.25) is 0 Å². The maximum absolute atomic E-state index is 4.11. The summed E-state index contributed by atoms with van der Waals surface area (Å²) < 4.78 is 1.12. The highest BCUT2D eigenvalue weighted by Gasteiger charge is 1.92. The Kier molecular flexibility index (Phi) is 2.02. The number of hydrogen-bond donors (Lipinski definition) is 0. The van der Waals surface area contributed by atoms with E-state index in [-0.39, 0.29) is 0 Å². The molecule has 0 aliphatic carbocycles. The second-order valence-electron chi connectivity index (χ2n) is 1.41. The van der Waals surface area contributed by atoms with Gasteiger partial charge in [0.2, 0.25) is 0 Å². The Balaban J connectivity index is 2.84. The van der Waals surface area contributed by atoms with Crippen LogP contribution in [0.25, 0.3) is 0 Å². The van der Waals surface area contributed by atoms with Crippen LogP contribution in [0.5, 0.6) is 0 Å². The van der Waals surface area contributed by atoms with Gasteiger partial charge in [-0.25, -0.2) is 4.98 Å². The largest absolute Gasteiger partial charge is 0.248 e. The minimum Gasteiger partial charge on any atom is -0.248 e. The Bertz CT molecular complexity index is 173. The van der Waals surface area contributed by atoms with Crippen LogP contribution in [0.4, 0.5) is 0 Å². The zero-order valence-corrected chi connectivity index (χ0v) is 6.92. The average molecular weight is 192 g/mol. The molecule has 0 aliphatic rings. The molecule has 0 N–H and O–H groups in total. The van der Waals surface area contributed by atoms with Gasteiger partial charge in [0, 0.05) is 0 Å². The van der Waals surface area contributed by atoms with E-state index in [1.807, 2.05) is 6.20 Å². The second-order valence-corrected chi connectivity index (χ2v) is 3.91. The number of aromatic nitrogens is 1. The third-order valence-electron chi connectivity index (χ3n) is 0.828. The van der Waals surface area contributed by atoms with E-state index in [0.29, 0.717) is 0 Å². The van der Waals surface area contributed by atoms with Crippen molar-refractivity contribution in [3.63, 3.8) is 0 Å². The predicted molar refractivity (Wildman–Crippen MR) is 39.2 cm³/mol. The van der Waals surface area contributed by atoms with E-state index in [9.17, 15) is 0 Å². The molecule has 0 atom stereocenters. The molecular formula is C5H6BrNS.